The van der Waals surface area contributed by atoms with Gasteiger partial charge in [-0.15, -0.1) is 0 Å². The van der Waals surface area contributed by atoms with Crippen LogP contribution in [0.1, 0.15) is 0 Å². The second-order valence-corrected chi connectivity index (χ2v) is 4.86. The summed E-state index contributed by atoms with van der Waals surface area (Å²) in [6, 6.07) is 0. The largest absolute Gasteiger partial charge is 0.480 e. The first-order valence-corrected chi connectivity index (χ1v) is 6.32. The molecule has 0 heterocycles. The highest BCUT2D eigenvalue weighted by atomic mass is 32.2. The Morgan fingerprint density at radius 1 is 1.24 bits per heavy atom. The van der Waals surface area contributed by atoms with Crippen LogP contribution in [0.2, 0.25) is 0 Å². The lowest BCUT2D eigenvalue weighted by molar-refractivity contribution is -0.135. The first-order chi connectivity index (χ1) is 7.94. The molecule has 9 heteroatoms. The molecule has 0 aliphatic carbocycles. The summed E-state index contributed by atoms with van der Waals surface area (Å²) in [7, 11) is -0.919. The second-order valence-electron chi connectivity index (χ2n) is 3.10. The van der Waals surface area contributed by atoms with Crippen LogP contribution in [0, 0.1) is 0 Å². The maximum atomic E-state index is 11.7. The molecule has 102 valence electrons. The molecular formula is C8H18N2O6S. The normalized spacial score (nSPS) is 11.9. The van der Waals surface area contributed by atoms with E-state index in [4.69, 9.17) is 14.6 Å². The van der Waals surface area contributed by atoms with Crippen LogP contribution in [-0.2, 0) is 24.5 Å². The molecule has 0 unspecified atom stereocenters. The zero-order valence-electron chi connectivity index (χ0n) is 9.88. The minimum atomic E-state index is -3.82. The summed E-state index contributed by atoms with van der Waals surface area (Å²) >= 11 is 0. The van der Waals surface area contributed by atoms with E-state index in [0.717, 1.165) is 4.31 Å². The van der Waals surface area contributed by atoms with Gasteiger partial charge in [0.05, 0.1) is 13.2 Å². The lowest BCUT2D eigenvalue weighted by Crippen LogP contribution is -2.45. The minimum Gasteiger partial charge on any atom is -0.480 e. The summed E-state index contributed by atoms with van der Waals surface area (Å²) in [6.45, 7) is 0.0534. The molecule has 0 rings (SSSR count). The van der Waals surface area contributed by atoms with E-state index in [-0.39, 0.29) is 26.3 Å². The number of hydrogen-bond acceptors (Lipinski definition) is 5. The van der Waals surface area contributed by atoms with E-state index in [1.807, 2.05) is 4.72 Å². The van der Waals surface area contributed by atoms with E-state index in [1.165, 1.54) is 14.2 Å². The number of carboxylic acids is 1. The third-order valence-electron chi connectivity index (χ3n) is 1.84. The molecule has 17 heavy (non-hydrogen) atoms. The van der Waals surface area contributed by atoms with Gasteiger partial charge >= 0.3 is 5.97 Å². The van der Waals surface area contributed by atoms with Crippen molar-refractivity contribution in [2.75, 3.05) is 47.1 Å². The topological polar surface area (TPSA) is 105 Å². The number of nitrogens with zero attached hydrogens (tertiary/aromatic N) is 1. The van der Waals surface area contributed by atoms with Gasteiger partial charge in [-0.1, -0.05) is 0 Å². The first-order valence-electron chi connectivity index (χ1n) is 4.88. The molecule has 0 aliphatic heterocycles. The van der Waals surface area contributed by atoms with Crippen molar-refractivity contribution in [3.05, 3.63) is 0 Å². The molecule has 0 fully saturated rings. The van der Waals surface area contributed by atoms with E-state index in [0.29, 0.717) is 0 Å². The van der Waals surface area contributed by atoms with Crippen molar-refractivity contribution >= 4 is 16.2 Å². The Labute approximate surface area is 101 Å². The van der Waals surface area contributed by atoms with Crippen molar-refractivity contribution in [2.24, 2.45) is 0 Å². The summed E-state index contributed by atoms with van der Waals surface area (Å²) in [5.74, 6) is -1.24. The number of aliphatic carboxylic acids is 1. The molecular weight excluding hydrogens is 252 g/mol. The van der Waals surface area contributed by atoms with Crippen LogP contribution >= 0.6 is 0 Å². The number of nitrogens with one attached hydrogen (secondary N) is 1. The van der Waals surface area contributed by atoms with E-state index in [2.05, 4.69) is 0 Å². The molecule has 0 amide bonds. The average molecular weight is 270 g/mol. The van der Waals surface area contributed by atoms with E-state index >= 15 is 0 Å². The molecule has 0 aliphatic rings. The van der Waals surface area contributed by atoms with Crippen LogP contribution in [0.4, 0.5) is 0 Å². The Kier molecular flexibility index (Phi) is 8.00. The lowest BCUT2D eigenvalue weighted by atomic mass is 10.6. The van der Waals surface area contributed by atoms with Crippen LogP contribution in [0.15, 0.2) is 0 Å². The van der Waals surface area contributed by atoms with Gasteiger partial charge in [-0.3, -0.25) is 4.79 Å². The van der Waals surface area contributed by atoms with Crippen molar-refractivity contribution in [1.82, 2.24) is 9.03 Å². The number of methoxy groups -OCH3 is 2. The quantitative estimate of drug-likeness (QED) is 0.500. The summed E-state index contributed by atoms with van der Waals surface area (Å²) in [5.41, 5.74) is 0. The van der Waals surface area contributed by atoms with Gasteiger partial charge < -0.3 is 14.6 Å². The van der Waals surface area contributed by atoms with E-state index in [9.17, 15) is 13.2 Å². The van der Waals surface area contributed by atoms with Gasteiger partial charge in [0, 0.05) is 27.3 Å². The molecule has 0 aromatic rings. The fourth-order valence-electron chi connectivity index (χ4n) is 0.983. The molecule has 0 aromatic heterocycles. The standard InChI is InChI=1S/C8H18N2O6S/c1-15-5-3-10(4-6-16-2)17(13,14)9-7-8(11)12/h9H,3-7H2,1-2H3,(H,11,12). The molecule has 0 radical (unpaired) electrons. The number of rotatable bonds is 10. The van der Waals surface area contributed by atoms with Crippen LogP contribution in [-0.4, -0.2) is 70.9 Å². The second kappa shape index (κ2) is 8.37. The van der Waals surface area contributed by atoms with Gasteiger partial charge in [0.1, 0.15) is 6.54 Å². The van der Waals surface area contributed by atoms with Crippen molar-refractivity contribution in [2.45, 2.75) is 0 Å². The third-order valence-corrected chi connectivity index (χ3v) is 3.39. The monoisotopic (exact) mass is 270 g/mol. The Hall–Kier alpha value is -0.740. The smallest absolute Gasteiger partial charge is 0.318 e. The van der Waals surface area contributed by atoms with Gasteiger partial charge in [-0.25, -0.2) is 0 Å². The zero-order chi connectivity index (χ0) is 13.3. The van der Waals surface area contributed by atoms with Gasteiger partial charge in [0.2, 0.25) is 0 Å². The Bertz CT molecular complexity index is 310. The molecule has 8 nitrogen and oxygen atoms in total. The van der Waals surface area contributed by atoms with Gasteiger partial charge in [0.25, 0.3) is 10.2 Å². The molecule has 0 spiro atoms. The maximum Gasteiger partial charge on any atom is 0.318 e. The lowest BCUT2D eigenvalue weighted by Gasteiger charge is -2.21. The van der Waals surface area contributed by atoms with Crippen molar-refractivity contribution in [3.8, 4) is 0 Å². The molecule has 0 bridgehead atoms. The van der Waals surface area contributed by atoms with Gasteiger partial charge in [0.15, 0.2) is 0 Å². The summed E-state index contributed by atoms with van der Waals surface area (Å²) in [6.07, 6.45) is 0. The molecule has 0 saturated heterocycles. The Balaban J connectivity index is 4.45. The predicted molar refractivity (Wildman–Crippen MR) is 59.9 cm³/mol. The fraction of sp³-hybridized carbons (Fsp3) is 0.875. The maximum absolute atomic E-state index is 11.7. The summed E-state index contributed by atoms with van der Waals surface area (Å²) < 4.78 is 36.0. The third kappa shape index (κ3) is 7.23. The predicted octanol–water partition coefficient (Wildman–Crippen LogP) is -1.50. The molecule has 2 N–H and O–H groups in total. The zero-order valence-corrected chi connectivity index (χ0v) is 10.7. The number of ether oxygens (including phenoxy) is 2. The molecule has 0 aromatic carbocycles. The van der Waals surface area contributed by atoms with Crippen LogP contribution in [0.5, 0.6) is 0 Å². The Morgan fingerprint density at radius 2 is 1.71 bits per heavy atom. The highest BCUT2D eigenvalue weighted by molar-refractivity contribution is 7.87. The van der Waals surface area contributed by atoms with Gasteiger partial charge in [-0.2, -0.15) is 17.4 Å². The first kappa shape index (κ1) is 16.3. The minimum absolute atomic E-state index is 0.134. The van der Waals surface area contributed by atoms with Gasteiger partial charge in [-0.05, 0) is 0 Å². The van der Waals surface area contributed by atoms with Crippen molar-refractivity contribution < 1.29 is 27.8 Å². The fourth-order valence-corrected chi connectivity index (χ4v) is 2.10. The van der Waals surface area contributed by atoms with Crippen LogP contribution < -0.4 is 4.72 Å². The van der Waals surface area contributed by atoms with E-state index in [1.54, 1.807) is 0 Å². The number of hydrogen-bond donors (Lipinski definition) is 2. The molecule has 0 saturated carbocycles. The van der Waals surface area contributed by atoms with Crippen molar-refractivity contribution in [3.63, 3.8) is 0 Å². The number of carboxylic acid groups (broad SMARTS) is 1. The highest BCUT2D eigenvalue weighted by Gasteiger charge is 2.21. The summed E-state index contributed by atoms with van der Waals surface area (Å²) in [4.78, 5) is 10.3. The van der Waals surface area contributed by atoms with E-state index < -0.39 is 22.7 Å². The van der Waals surface area contributed by atoms with Crippen LogP contribution in [0.3, 0.4) is 0 Å². The SMILES string of the molecule is COCCN(CCOC)S(=O)(=O)NCC(=O)O. The molecule has 0 atom stereocenters. The Morgan fingerprint density at radius 3 is 2.06 bits per heavy atom. The van der Waals surface area contributed by atoms with Crippen LogP contribution in [0.25, 0.3) is 0 Å². The van der Waals surface area contributed by atoms with Crippen molar-refractivity contribution in [1.29, 1.82) is 0 Å². The highest BCUT2D eigenvalue weighted by Crippen LogP contribution is 1.97. The average Bonchev–Trinajstić information content (AvgIpc) is 2.26. The number of carbonyl (C=O) groups is 1. The summed E-state index contributed by atoms with van der Waals surface area (Å²) in [5, 5.41) is 8.42.